The number of benzene rings is 7. The molecule has 51 heavy (non-hydrogen) atoms. The predicted octanol–water partition coefficient (Wildman–Crippen LogP) is 12.8. The van der Waals surface area contributed by atoms with Crippen molar-refractivity contribution in [3.05, 3.63) is 168 Å². The number of thiophene rings is 3. The SMILES string of the molecule is c1ccc(C2NC(c3cccc4c3sc3ccc(-c5cccc6c5sc5ccccc56)cc34)=NC(c3ccc4sc5ccccc5c4c3)N2)cc1. The van der Waals surface area contributed by atoms with Crippen molar-refractivity contribution in [3.8, 4) is 11.1 Å². The molecule has 3 aromatic heterocycles. The van der Waals surface area contributed by atoms with Crippen LogP contribution in [0.25, 0.3) is 71.6 Å². The zero-order chi connectivity index (χ0) is 33.5. The lowest BCUT2D eigenvalue weighted by Gasteiger charge is -2.32. The highest BCUT2D eigenvalue weighted by Gasteiger charge is 2.27. The van der Waals surface area contributed by atoms with E-state index in [-0.39, 0.29) is 12.3 Å². The fraction of sp³-hybridized carbons (Fsp3) is 0.0444. The predicted molar refractivity (Wildman–Crippen MR) is 222 cm³/mol. The molecule has 242 valence electrons. The van der Waals surface area contributed by atoms with E-state index in [4.69, 9.17) is 4.99 Å². The van der Waals surface area contributed by atoms with Gasteiger partial charge in [0.15, 0.2) is 0 Å². The van der Waals surface area contributed by atoms with Crippen molar-refractivity contribution in [2.24, 2.45) is 4.99 Å². The molecule has 0 bridgehead atoms. The Balaban J connectivity index is 1.05. The second-order valence-electron chi connectivity index (χ2n) is 13.2. The van der Waals surface area contributed by atoms with Crippen LogP contribution in [-0.2, 0) is 0 Å². The normalized spacial score (nSPS) is 16.4. The van der Waals surface area contributed by atoms with E-state index in [1.54, 1.807) is 0 Å². The van der Waals surface area contributed by atoms with Gasteiger partial charge in [0.2, 0.25) is 0 Å². The van der Waals surface area contributed by atoms with Crippen molar-refractivity contribution in [2.75, 3.05) is 0 Å². The fourth-order valence-corrected chi connectivity index (χ4v) is 11.2. The fourth-order valence-electron chi connectivity index (χ4n) is 7.72. The van der Waals surface area contributed by atoms with Gasteiger partial charge in [-0.15, -0.1) is 34.0 Å². The number of aliphatic imine (C=N–C) groups is 1. The Morgan fingerprint density at radius 2 is 1.02 bits per heavy atom. The van der Waals surface area contributed by atoms with E-state index >= 15 is 0 Å². The summed E-state index contributed by atoms with van der Waals surface area (Å²) < 4.78 is 7.83. The average molecular weight is 708 g/mol. The highest BCUT2D eigenvalue weighted by atomic mass is 32.1. The van der Waals surface area contributed by atoms with Gasteiger partial charge in [-0.1, -0.05) is 109 Å². The van der Waals surface area contributed by atoms with Crippen molar-refractivity contribution in [1.82, 2.24) is 10.6 Å². The molecule has 1 aliphatic rings. The first kappa shape index (κ1) is 29.4. The summed E-state index contributed by atoms with van der Waals surface area (Å²) >= 11 is 5.59. The molecule has 7 aromatic carbocycles. The highest BCUT2D eigenvalue weighted by Crippen LogP contribution is 2.43. The second kappa shape index (κ2) is 11.6. The van der Waals surface area contributed by atoms with Crippen LogP contribution < -0.4 is 10.6 Å². The smallest absolute Gasteiger partial charge is 0.133 e. The van der Waals surface area contributed by atoms with Gasteiger partial charge in [-0.2, -0.15) is 0 Å². The first-order valence-electron chi connectivity index (χ1n) is 17.2. The molecule has 3 nitrogen and oxygen atoms in total. The molecule has 2 N–H and O–H groups in total. The number of hydrogen-bond acceptors (Lipinski definition) is 6. The molecule has 2 atom stereocenters. The van der Waals surface area contributed by atoms with Crippen molar-refractivity contribution >= 4 is 100 Å². The third-order valence-electron chi connectivity index (χ3n) is 10.2. The summed E-state index contributed by atoms with van der Waals surface area (Å²) in [6.45, 7) is 0. The minimum absolute atomic E-state index is 0.100. The van der Waals surface area contributed by atoms with Gasteiger partial charge in [0.25, 0.3) is 0 Å². The monoisotopic (exact) mass is 707 g/mol. The molecule has 1 aliphatic heterocycles. The lowest BCUT2D eigenvalue weighted by Crippen LogP contribution is -2.44. The number of nitrogens with zero attached hydrogens (tertiary/aromatic N) is 1. The Labute approximate surface area is 306 Å². The van der Waals surface area contributed by atoms with Crippen LogP contribution in [0, 0.1) is 0 Å². The van der Waals surface area contributed by atoms with Gasteiger partial charge in [0, 0.05) is 66.1 Å². The third kappa shape index (κ3) is 4.75. The molecule has 4 heterocycles. The van der Waals surface area contributed by atoms with E-state index < -0.39 is 0 Å². The van der Waals surface area contributed by atoms with E-state index in [0.29, 0.717) is 0 Å². The quantitative estimate of drug-likeness (QED) is 0.191. The van der Waals surface area contributed by atoms with Crippen LogP contribution in [0.15, 0.2) is 157 Å². The highest BCUT2D eigenvalue weighted by molar-refractivity contribution is 7.27. The molecule has 0 radical (unpaired) electrons. The summed E-state index contributed by atoms with van der Waals surface area (Å²) in [7, 11) is 0. The maximum absolute atomic E-state index is 5.42. The number of rotatable bonds is 4. The topological polar surface area (TPSA) is 36.4 Å². The number of amidine groups is 1. The zero-order valence-electron chi connectivity index (χ0n) is 27.3. The van der Waals surface area contributed by atoms with Gasteiger partial charge in [-0.05, 0) is 64.7 Å². The van der Waals surface area contributed by atoms with Crippen molar-refractivity contribution in [2.45, 2.75) is 12.3 Å². The molecule has 0 saturated heterocycles. The van der Waals surface area contributed by atoms with Gasteiger partial charge >= 0.3 is 0 Å². The van der Waals surface area contributed by atoms with Crippen LogP contribution in [0.2, 0.25) is 0 Å². The Kier molecular flexibility index (Phi) is 6.67. The van der Waals surface area contributed by atoms with Crippen molar-refractivity contribution in [3.63, 3.8) is 0 Å². The molecule has 2 unspecified atom stereocenters. The summed E-state index contributed by atoms with van der Waals surface area (Å²) in [6.07, 6.45) is -0.316. The minimum atomic E-state index is -0.215. The Hall–Kier alpha value is -5.37. The second-order valence-corrected chi connectivity index (χ2v) is 16.4. The zero-order valence-corrected chi connectivity index (χ0v) is 29.7. The molecular weight excluding hydrogens is 679 g/mol. The van der Waals surface area contributed by atoms with E-state index in [0.717, 1.165) is 17.0 Å². The van der Waals surface area contributed by atoms with Crippen LogP contribution in [-0.4, -0.2) is 5.84 Å². The standard InChI is InChI=1S/C45H29N3S3/c1-2-10-26(11-3-1)43-46-44(28-21-23-39-35(25-28)31-13-5-6-18-37(31)49-39)48-45(47-43)34-17-9-16-33-36-24-27(20-22-40(36)51-42(33)34)29-14-8-15-32-30-12-4-7-19-38(30)50-41(29)32/h1-25,43-44,46H,(H,47,48). The summed E-state index contributed by atoms with van der Waals surface area (Å²) in [5.74, 6) is 0.912. The maximum atomic E-state index is 5.42. The summed E-state index contributed by atoms with van der Waals surface area (Å²) in [5.41, 5.74) is 6.02. The first-order valence-corrected chi connectivity index (χ1v) is 19.6. The van der Waals surface area contributed by atoms with Gasteiger partial charge in [-0.3, -0.25) is 5.32 Å². The summed E-state index contributed by atoms with van der Waals surface area (Å²) in [5, 5.41) is 15.4. The van der Waals surface area contributed by atoms with E-state index in [9.17, 15) is 0 Å². The van der Waals surface area contributed by atoms with E-state index in [1.807, 2.05) is 34.0 Å². The maximum Gasteiger partial charge on any atom is 0.133 e. The molecular formula is C45H29N3S3. The van der Waals surface area contributed by atoms with Gasteiger partial charge in [-0.25, -0.2) is 4.99 Å². The number of hydrogen-bond donors (Lipinski definition) is 2. The molecule has 0 spiro atoms. The molecule has 0 aliphatic carbocycles. The van der Waals surface area contributed by atoms with Gasteiger partial charge in [0.05, 0.1) is 0 Å². The number of nitrogens with one attached hydrogen (secondary N) is 2. The average Bonchev–Trinajstić information content (AvgIpc) is 3.89. The molecule has 11 rings (SSSR count). The lowest BCUT2D eigenvalue weighted by molar-refractivity contribution is 0.409. The van der Waals surface area contributed by atoms with Crippen LogP contribution in [0.4, 0.5) is 0 Å². The van der Waals surface area contributed by atoms with Crippen LogP contribution in [0.3, 0.4) is 0 Å². The molecule has 10 aromatic rings. The Bertz CT molecular complexity index is 3000. The van der Waals surface area contributed by atoms with Gasteiger partial charge in [0.1, 0.15) is 18.2 Å². The van der Waals surface area contributed by atoms with Crippen molar-refractivity contribution < 1.29 is 0 Å². The van der Waals surface area contributed by atoms with Crippen LogP contribution in [0.5, 0.6) is 0 Å². The minimum Gasteiger partial charge on any atom is -0.350 e. The van der Waals surface area contributed by atoms with Crippen molar-refractivity contribution in [1.29, 1.82) is 0 Å². The molecule has 0 saturated carbocycles. The van der Waals surface area contributed by atoms with E-state index in [2.05, 4.69) is 162 Å². The van der Waals surface area contributed by atoms with Crippen LogP contribution >= 0.6 is 34.0 Å². The van der Waals surface area contributed by atoms with Crippen LogP contribution in [0.1, 0.15) is 29.0 Å². The molecule has 0 amide bonds. The molecule has 6 heteroatoms. The Morgan fingerprint density at radius 3 is 1.84 bits per heavy atom. The van der Waals surface area contributed by atoms with E-state index in [1.165, 1.54) is 77.2 Å². The first-order chi connectivity index (χ1) is 25.2. The molecule has 0 fully saturated rings. The lowest BCUT2D eigenvalue weighted by atomic mass is 10.00. The third-order valence-corrected chi connectivity index (χ3v) is 13.8. The Morgan fingerprint density at radius 1 is 0.431 bits per heavy atom. The van der Waals surface area contributed by atoms with Gasteiger partial charge < -0.3 is 5.32 Å². The largest absolute Gasteiger partial charge is 0.350 e. The summed E-state index contributed by atoms with van der Waals surface area (Å²) in [4.78, 5) is 5.42. The summed E-state index contributed by atoms with van der Waals surface area (Å²) in [6, 6.07) is 55.3. The number of fused-ring (bicyclic) bond motifs is 9.